The van der Waals surface area contributed by atoms with Gasteiger partial charge in [0.2, 0.25) is 5.91 Å². The number of carbonyl (C=O) groups is 1. The Morgan fingerprint density at radius 1 is 1.50 bits per heavy atom. The number of carbonyl (C=O) groups excluding carboxylic acids is 1. The van der Waals surface area contributed by atoms with E-state index in [9.17, 15) is 9.59 Å². The summed E-state index contributed by atoms with van der Waals surface area (Å²) in [7, 11) is 0. The van der Waals surface area contributed by atoms with Crippen molar-refractivity contribution in [2.24, 2.45) is 0 Å². The number of piperidine rings is 1. The summed E-state index contributed by atoms with van der Waals surface area (Å²) >= 11 is 1.15. The van der Waals surface area contributed by atoms with Gasteiger partial charge in [-0.2, -0.15) is 0 Å². The number of hydrogen-bond donors (Lipinski definition) is 2. The van der Waals surface area contributed by atoms with Crippen molar-refractivity contribution < 1.29 is 4.79 Å². The molecule has 5 nitrogen and oxygen atoms in total. The average molecular weight is 269 g/mol. The van der Waals surface area contributed by atoms with E-state index in [1.54, 1.807) is 5.38 Å². The van der Waals surface area contributed by atoms with Crippen LogP contribution in [0.2, 0.25) is 0 Å². The molecular formula is C12H19N3O2S. The molecule has 1 unspecified atom stereocenters. The fourth-order valence-corrected chi connectivity index (χ4v) is 2.72. The highest BCUT2D eigenvalue weighted by Crippen LogP contribution is 2.10. The minimum atomic E-state index is -0.202. The topological polar surface area (TPSA) is 65.2 Å². The van der Waals surface area contributed by atoms with Gasteiger partial charge in [0.1, 0.15) is 0 Å². The third kappa shape index (κ3) is 3.43. The van der Waals surface area contributed by atoms with E-state index < -0.39 is 0 Å². The third-order valence-electron chi connectivity index (χ3n) is 3.21. The maximum Gasteiger partial charge on any atom is 0.304 e. The van der Waals surface area contributed by atoms with Crippen LogP contribution in [0.4, 0.5) is 0 Å². The standard InChI is InChI=1S/C12H19N3O2S/c1-9(11(16)15-5-3-2-4-6-15)13-7-10-8-18-12(17)14-10/h8-9,13H,2-7H2,1H3,(H,14,17). The first-order valence-electron chi connectivity index (χ1n) is 6.35. The van der Waals surface area contributed by atoms with E-state index in [0.29, 0.717) is 6.54 Å². The van der Waals surface area contributed by atoms with E-state index in [4.69, 9.17) is 0 Å². The lowest BCUT2D eigenvalue weighted by Crippen LogP contribution is -2.46. The molecule has 2 rings (SSSR count). The fraction of sp³-hybridized carbons (Fsp3) is 0.667. The van der Waals surface area contributed by atoms with Crippen molar-refractivity contribution >= 4 is 17.2 Å². The number of amides is 1. The molecule has 0 saturated carbocycles. The molecule has 18 heavy (non-hydrogen) atoms. The van der Waals surface area contributed by atoms with Crippen LogP contribution < -0.4 is 10.2 Å². The summed E-state index contributed by atoms with van der Waals surface area (Å²) in [4.78, 5) is 27.7. The first kappa shape index (κ1) is 13.3. The number of aromatic amines is 1. The van der Waals surface area contributed by atoms with Gasteiger partial charge >= 0.3 is 4.87 Å². The molecule has 1 fully saturated rings. The number of thiazole rings is 1. The maximum atomic E-state index is 12.1. The van der Waals surface area contributed by atoms with E-state index in [1.807, 2.05) is 11.8 Å². The third-order valence-corrected chi connectivity index (χ3v) is 3.93. The first-order valence-corrected chi connectivity index (χ1v) is 7.23. The van der Waals surface area contributed by atoms with Crippen LogP contribution in [0.15, 0.2) is 10.2 Å². The maximum absolute atomic E-state index is 12.1. The second-order valence-corrected chi connectivity index (χ2v) is 5.50. The van der Waals surface area contributed by atoms with Crippen molar-refractivity contribution in [2.75, 3.05) is 13.1 Å². The zero-order chi connectivity index (χ0) is 13.0. The van der Waals surface area contributed by atoms with Gasteiger partial charge in [-0.25, -0.2) is 0 Å². The summed E-state index contributed by atoms with van der Waals surface area (Å²) in [5.41, 5.74) is 0.836. The Balaban J connectivity index is 1.81. The second-order valence-electron chi connectivity index (χ2n) is 4.66. The molecule has 0 bridgehead atoms. The summed E-state index contributed by atoms with van der Waals surface area (Å²) < 4.78 is 0. The lowest BCUT2D eigenvalue weighted by Gasteiger charge is -2.29. The Bertz CT molecular complexity index is 448. The number of hydrogen-bond acceptors (Lipinski definition) is 4. The van der Waals surface area contributed by atoms with Crippen molar-refractivity contribution in [1.82, 2.24) is 15.2 Å². The molecule has 0 aliphatic carbocycles. The van der Waals surface area contributed by atoms with Gasteiger partial charge in [0.25, 0.3) is 0 Å². The van der Waals surface area contributed by atoms with Gasteiger partial charge in [-0.3, -0.25) is 9.59 Å². The van der Waals surface area contributed by atoms with Gasteiger partial charge in [-0.05, 0) is 26.2 Å². The van der Waals surface area contributed by atoms with Crippen LogP contribution in [0.5, 0.6) is 0 Å². The van der Waals surface area contributed by atoms with E-state index in [-0.39, 0.29) is 16.8 Å². The average Bonchev–Trinajstić information content (AvgIpc) is 2.82. The highest BCUT2D eigenvalue weighted by Gasteiger charge is 2.21. The zero-order valence-corrected chi connectivity index (χ0v) is 11.4. The molecule has 1 aromatic rings. The molecule has 1 aliphatic heterocycles. The lowest BCUT2D eigenvalue weighted by atomic mass is 10.1. The highest BCUT2D eigenvalue weighted by molar-refractivity contribution is 7.07. The molecule has 1 atom stereocenters. The number of rotatable bonds is 4. The fourth-order valence-electron chi connectivity index (χ4n) is 2.14. The molecule has 1 aromatic heterocycles. The minimum Gasteiger partial charge on any atom is -0.341 e. The van der Waals surface area contributed by atoms with Gasteiger partial charge in [0.05, 0.1) is 6.04 Å². The molecule has 1 aliphatic rings. The van der Waals surface area contributed by atoms with Crippen LogP contribution in [0.3, 0.4) is 0 Å². The van der Waals surface area contributed by atoms with Crippen molar-refractivity contribution in [2.45, 2.75) is 38.8 Å². The van der Waals surface area contributed by atoms with Gasteiger partial charge in [0, 0.05) is 30.7 Å². The Labute approximate surface area is 110 Å². The normalized spacial score (nSPS) is 17.7. The summed E-state index contributed by atoms with van der Waals surface area (Å²) in [6, 6.07) is -0.202. The molecule has 2 heterocycles. The molecule has 0 aromatic carbocycles. The van der Waals surface area contributed by atoms with Crippen molar-refractivity contribution in [3.63, 3.8) is 0 Å². The largest absolute Gasteiger partial charge is 0.341 e. The molecule has 0 radical (unpaired) electrons. The summed E-state index contributed by atoms with van der Waals surface area (Å²) in [6.07, 6.45) is 3.44. The SMILES string of the molecule is CC(NCc1csc(=O)[nH]1)C(=O)N1CCCCC1. The first-order chi connectivity index (χ1) is 8.66. The predicted octanol–water partition coefficient (Wildman–Crippen LogP) is 0.927. The van der Waals surface area contributed by atoms with Crippen LogP contribution >= 0.6 is 11.3 Å². The summed E-state index contributed by atoms with van der Waals surface area (Å²) in [5.74, 6) is 0.160. The van der Waals surface area contributed by atoms with Crippen LogP contribution in [-0.4, -0.2) is 34.9 Å². The Morgan fingerprint density at radius 2 is 2.22 bits per heavy atom. The molecule has 100 valence electrons. The number of nitrogens with zero attached hydrogens (tertiary/aromatic N) is 1. The van der Waals surface area contributed by atoms with Crippen molar-refractivity contribution in [3.05, 3.63) is 20.7 Å². The van der Waals surface area contributed by atoms with Crippen molar-refractivity contribution in [3.8, 4) is 0 Å². The monoisotopic (exact) mass is 269 g/mol. The Kier molecular flexibility index (Phi) is 4.54. The van der Waals surface area contributed by atoms with Crippen LogP contribution in [0.1, 0.15) is 31.9 Å². The second kappa shape index (κ2) is 6.15. The van der Waals surface area contributed by atoms with Gasteiger partial charge in [-0.15, -0.1) is 0 Å². The molecular weight excluding hydrogens is 250 g/mol. The number of nitrogens with one attached hydrogen (secondary N) is 2. The summed E-state index contributed by atoms with van der Waals surface area (Å²) in [6.45, 7) is 4.15. The lowest BCUT2D eigenvalue weighted by molar-refractivity contribution is -0.133. The summed E-state index contributed by atoms with van der Waals surface area (Å²) in [5, 5.41) is 4.94. The van der Waals surface area contributed by atoms with Crippen LogP contribution in [0.25, 0.3) is 0 Å². The van der Waals surface area contributed by atoms with Gasteiger partial charge < -0.3 is 15.2 Å². The smallest absolute Gasteiger partial charge is 0.304 e. The van der Waals surface area contributed by atoms with Gasteiger partial charge in [0.15, 0.2) is 0 Å². The van der Waals surface area contributed by atoms with E-state index in [0.717, 1.165) is 43.0 Å². The van der Waals surface area contributed by atoms with Crippen LogP contribution in [-0.2, 0) is 11.3 Å². The van der Waals surface area contributed by atoms with Crippen LogP contribution in [0, 0.1) is 0 Å². The Morgan fingerprint density at radius 3 is 2.83 bits per heavy atom. The zero-order valence-electron chi connectivity index (χ0n) is 10.6. The van der Waals surface area contributed by atoms with E-state index >= 15 is 0 Å². The highest BCUT2D eigenvalue weighted by atomic mass is 32.1. The molecule has 1 amide bonds. The molecule has 6 heteroatoms. The minimum absolute atomic E-state index is 0.0539. The van der Waals surface area contributed by atoms with Crippen molar-refractivity contribution in [1.29, 1.82) is 0 Å². The number of aromatic nitrogens is 1. The van der Waals surface area contributed by atoms with Gasteiger partial charge in [-0.1, -0.05) is 11.3 Å². The molecule has 0 spiro atoms. The Hall–Kier alpha value is -1.14. The number of likely N-dealkylation sites (tertiary alicyclic amines) is 1. The van der Waals surface area contributed by atoms with E-state index in [2.05, 4.69) is 10.3 Å². The quantitative estimate of drug-likeness (QED) is 0.854. The molecule has 1 saturated heterocycles. The van der Waals surface area contributed by atoms with E-state index in [1.165, 1.54) is 6.42 Å². The predicted molar refractivity (Wildman–Crippen MR) is 71.7 cm³/mol. The number of H-pyrrole nitrogens is 1. The molecule has 2 N–H and O–H groups in total.